The molecule has 21 heavy (non-hydrogen) atoms. The number of Topliss-reactive ketones (excluding diaryl/α,β-unsaturated/α-hetero) is 1. The van der Waals surface area contributed by atoms with Crippen LogP contribution in [0.1, 0.15) is 15.9 Å². The van der Waals surface area contributed by atoms with Gasteiger partial charge in [-0.25, -0.2) is 4.39 Å². The first kappa shape index (κ1) is 14.0. The smallest absolute Gasteiger partial charge is 0.167 e. The maximum Gasteiger partial charge on any atom is 0.167 e. The van der Waals surface area contributed by atoms with Crippen LogP contribution in [0, 0.1) is 5.82 Å². The Morgan fingerprint density at radius 3 is 2.52 bits per heavy atom. The minimum Gasteiger partial charge on any atom is -0.294 e. The molecule has 0 unspecified atom stereocenters. The first-order valence-electron chi connectivity index (χ1n) is 6.60. The van der Waals surface area contributed by atoms with E-state index in [0.29, 0.717) is 15.6 Å². The fraction of sp³-hybridized carbons (Fsp3) is 0.0556. The van der Waals surface area contributed by atoms with Crippen molar-refractivity contribution in [3.63, 3.8) is 0 Å². The van der Waals surface area contributed by atoms with Crippen molar-refractivity contribution >= 4 is 32.5 Å². The molecule has 3 aromatic rings. The topological polar surface area (TPSA) is 17.1 Å². The van der Waals surface area contributed by atoms with Gasteiger partial charge in [-0.3, -0.25) is 4.79 Å². The van der Waals surface area contributed by atoms with Gasteiger partial charge < -0.3 is 0 Å². The van der Waals surface area contributed by atoms with E-state index in [0.717, 1.165) is 10.8 Å². The Bertz CT molecular complexity index is 821. The van der Waals surface area contributed by atoms with Crippen molar-refractivity contribution in [3.8, 4) is 0 Å². The molecule has 3 heteroatoms. The van der Waals surface area contributed by atoms with Gasteiger partial charge in [0.2, 0.25) is 0 Å². The molecule has 0 aliphatic heterocycles. The van der Waals surface area contributed by atoms with Gasteiger partial charge in [-0.2, -0.15) is 0 Å². The molecule has 0 bridgehead atoms. The molecule has 0 radical (unpaired) electrons. The fourth-order valence-electron chi connectivity index (χ4n) is 2.42. The molecule has 0 heterocycles. The molecule has 0 amide bonds. The molecular formula is C18H12BrFO. The maximum atomic E-state index is 13.5. The molecule has 0 aliphatic carbocycles. The molecule has 1 nitrogen and oxygen atoms in total. The monoisotopic (exact) mass is 342 g/mol. The Hall–Kier alpha value is -2.00. The Labute approximate surface area is 130 Å². The third kappa shape index (κ3) is 2.74. The Morgan fingerprint density at radius 2 is 1.67 bits per heavy atom. The summed E-state index contributed by atoms with van der Waals surface area (Å²) in [6, 6.07) is 18.2. The van der Waals surface area contributed by atoms with Crippen molar-refractivity contribution in [1.82, 2.24) is 0 Å². The SMILES string of the molecule is O=C(Cc1cccc(F)c1Br)c1cccc2ccccc12. The van der Waals surface area contributed by atoms with Crippen LogP contribution in [-0.2, 0) is 6.42 Å². The van der Waals surface area contributed by atoms with Gasteiger partial charge in [-0.1, -0.05) is 54.6 Å². The van der Waals surface area contributed by atoms with E-state index in [-0.39, 0.29) is 18.0 Å². The third-order valence-corrected chi connectivity index (χ3v) is 4.36. The summed E-state index contributed by atoms with van der Waals surface area (Å²) in [5.74, 6) is -0.365. The summed E-state index contributed by atoms with van der Waals surface area (Å²) in [6.07, 6.45) is 0.173. The Morgan fingerprint density at radius 1 is 0.952 bits per heavy atom. The van der Waals surface area contributed by atoms with Gasteiger partial charge in [0.1, 0.15) is 5.82 Å². The zero-order valence-electron chi connectivity index (χ0n) is 11.1. The lowest BCUT2D eigenvalue weighted by Gasteiger charge is -2.07. The number of hydrogen-bond acceptors (Lipinski definition) is 1. The average molecular weight is 343 g/mol. The quantitative estimate of drug-likeness (QED) is 0.600. The first-order chi connectivity index (χ1) is 10.2. The molecule has 0 saturated carbocycles. The fourth-order valence-corrected chi connectivity index (χ4v) is 2.83. The minimum atomic E-state index is -0.349. The van der Waals surface area contributed by atoms with Crippen LogP contribution in [0.2, 0.25) is 0 Å². The summed E-state index contributed by atoms with van der Waals surface area (Å²) in [6.45, 7) is 0. The summed E-state index contributed by atoms with van der Waals surface area (Å²) >= 11 is 3.20. The van der Waals surface area contributed by atoms with Crippen LogP contribution in [-0.4, -0.2) is 5.78 Å². The van der Waals surface area contributed by atoms with E-state index < -0.39 is 0 Å². The van der Waals surface area contributed by atoms with Crippen LogP contribution >= 0.6 is 15.9 Å². The highest BCUT2D eigenvalue weighted by Crippen LogP contribution is 2.24. The molecule has 0 spiro atoms. The third-order valence-electron chi connectivity index (χ3n) is 3.47. The zero-order chi connectivity index (χ0) is 14.8. The molecule has 3 aromatic carbocycles. The van der Waals surface area contributed by atoms with Crippen molar-refractivity contribution in [1.29, 1.82) is 0 Å². The van der Waals surface area contributed by atoms with Gasteiger partial charge in [0.05, 0.1) is 4.47 Å². The number of hydrogen-bond donors (Lipinski definition) is 0. The molecular weight excluding hydrogens is 331 g/mol. The average Bonchev–Trinajstić information content (AvgIpc) is 2.51. The van der Waals surface area contributed by atoms with Crippen LogP contribution in [0.15, 0.2) is 65.1 Å². The highest BCUT2D eigenvalue weighted by Gasteiger charge is 2.13. The molecule has 0 fully saturated rings. The van der Waals surface area contributed by atoms with Crippen LogP contribution in [0.5, 0.6) is 0 Å². The maximum absolute atomic E-state index is 13.5. The van der Waals surface area contributed by atoms with E-state index >= 15 is 0 Å². The predicted octanol–water partition coefficient (Wildman–Crippen LogP) is 5.17. The summed E-state index contributed by atoms with van der Waals surface area (Å²) in [5, 5.41) is 1.96. The van der Waals surface area contributed by atoms with Crippen LogP contribution < -0.4 is 0 Å². The summed E-state index contributed by atoms with van der Waals surface area (Å²) < 4.78 is 13.9. The van der Waals surface area contributed by atoms with Gasteiger partial charge in [0.25, 0.3) is 0 Å². The normalized spacial score (nSPS) is 10.8. The molecule has 3 rings (SSSR count). The number of carbonyl (C=O) groups is 1. The second-order valence-corrected chi connectivity index (χ2v) is 5.63. The standard InChI is InChI=1S/C18H12BrFO/c19-18-13(7-4-10-16(18)20)11-17(21)15-9-3-6-12-5-1-2-8-14(12)15/h1-10H,11H2. The number of benzene rings is 3. The highest BCUT2D eigenvalue weighted by molar-refractivity contribution is 9.10. The number of ketones is 1. The van der Waals surface area contributed by atoms with E-state index in [1.807, 2.05) is 42.5 Å². The van der Waals surface area contributed by atoms with Crippen molar-refractivity contribution in [2.75, 3.05) is 0 Å². The Kier molecular flexibility index (Phi) is 3.84. The van der Waals surface area contributed by atoms with Crippen LogP contribution in [0.4, 0.5) is 4.39 Å². The van der Waals surface area contributed by atoms with E-state index in [4.69, 9.17) is 0 Å². The van der Waals surface area contributed by atoms with Gasteiger partial charge >= 0.3 is 0 Å². The Balaban J connectivity index is 2.00. The van der Waals surface area contributed by atoms with Crippen molar-refractivity contribution in [2.24, 2.45) is 0 Å². The van der Waals surface area contributed by atoms with Crippen molar-refractivity contribution in [2.45, 2.75) is 6.42 Å². The first-order valence-corrected chi connectivity index (χ1v) is 7.40. The zero-order valence-corrected chi connectivity index (χ0v) is 12.7. The van der Waals surface area contributed by atoms with Crippen LogP contribution in [0.25, 0.3) is 10.8 Å². The largest absolute Gasteiger partial charge is 0.294 e. The molecule has 104 valence electrons. The number of carbonyl (C=O) groups excluding carboxylic acids is 1. The van der Waals surface area contributed by atoms with Gasteiger partial charge in [0.15, 0.2) is 5.78 Å². The summed E-state index contributed by atoms with van der Waals surface area (Å²) in [5.41, 5.74) is 1.33. The molecule has 0 saturated heterocycles. The minimum absolute atomic E-state index is 0.0156. The van der Waals surface area contributed by atoms with E-state index in [1.165, 1.54) is 6.07 Å². The molecule has 0 N–H and O–H groups in total. The second-order valence-electron chi connectivity index (χ2n) is 4.84. The lowest BCUT2D eigenvalue weighted by Crippen LogP contribution is -2.05. The molecule has 0 atom stereocenters. The predicted molar refractivity (Wildman–Crippen MR) is 86.1 cm³/mol. The van der Waals surface area contributed by atoms with Crippen LogP contribution in [0.3, 0.4) is 0 Å². The van der Waals surface area contributed by atoms with Crippen molar-refractivity contribution < 1.29 is 9.18 Å². The van der Waals surface area contributed by atoms with E-state index in [9.17, 15) is 9.18 Å². The van der Waals surface area contributed by atoms with Crippen molar-refractivity contribution in [3.05, 3.63) is 82.1 Å². The lowest BCUT2D eigenvalue weighted by atomic mass is 9.97. The highest BCUT2D eigenvalue weighted by atomic mass is 79.9. The second kappa shape index (κ2) is 5.78. The van der Waals surface area contributed by atoms with E-state index in [1.54, 1.807) is 12.1 Å². The van der Waals surface area contributed by atoms with Gasteiger partial charge in [0, 0.05) is 12.0 Å². The van der Waals surface area contributed by atoms with Gasteiger partial charge in [-0.05, 0) is 38.3 Å². The number of rotatable bonds is 3. The summed E-state index contributed by atoms with van der Waals surface area (Å²) in [4.78, 5) is 12.5. The van der Waals surface area contributed by atoms with E-state index in [2.05, 4.69) is 15.9 Å². The molecule has 0 aromatic heterocycles. The number of halogens is 2. The van der Waals surface area contributed by atoms with Gasteiger partial charge in [-0.15, -0.1) is 0 Å². The number of fused-ring (bicyclic) bond motifs is 1. The molecule has 0 aliphatic rings. The lowest BCUT2D eigenvalue weighted by molar-refractivity contribution is 0.0994. The summed E-state index contributed by atoms with van der Waals surface area (Å²) in [7, 11) is 0.